The van der Waals surface area contributed by atoms with Crippen molar-refractivity contribution in [2.24, 2.45) is 5.92 Å². The number of rotatable bonds is 3. The first-order chi connectivity index (χ1) is 9.31. The Morgan fingerprint density at radius 1 is 1.00 bits per heavy atom. The molecule has 1 aromatic carbocycles. The molecule has 1 aliphatic rings. The minimum absolute atomic E-state index is 0.895. The molecular formula is C18H21N. The van der Waals surface area contributed by atoms with E-state index >= 15 is 0 Å². The molecule has 2 aromatic rings. The molecule has 0 spiro atoms. The molecule has 0 atom stereocenters. The van der Waals surface area contributed by atoms with Gasteiger partial charge in [-0.1, -0.05) is 61.6 Å². The van der Waals surface area contributed by atoms with Gasteiger partial charge in [0.25, 0.3) is 0 Å². The van der Waals surface area contributed by atoms with Crippen LogP contribution in [0.25, 0.3) is 11.3 Å². The molecule has 0 amide bonds. The summed E-state index contributed by atoms with van der Waals surface area (Å²) in [6.07, 6.45) is 8.91. The second kappa shape index (κ2) is 5.56. The molecule has 1 aliphatic carbocycles. The summed E-state index contributed by atoms with van der Waals surface area (Å²) in [4.78, 5) is 4.62. The topological polar surface area (TPSA) is 12.9 Å². The van der Waals surface area contributed by atoms with Crippen LogP contribution in [0.2, 0.25) is 0 Å². The van der Waals surface area contributed by atoms with E-state index in [1.54, 1.807) is 0 Å². The molecule has 0 aliphatic heterocycles. The number of pyridine rings is 1. The van der Waals surface area contributed by atoms with Gasteiger partial charge in [-0.25, -0.2) is 0 Å². The van der Waals surface area contributed by atoms with Crippen LogP contribution in [0.3, 0.4) is 0 Å². The monoisotopic (exact) mass is 251 g/mol. The van der Waals surface area contributed by atoms with Gasteiger partial charge in [-0.15, -0.1) is 0 Å². The summed E-state index contributed by atoms with van der Waals surface area (Å²) >= 11 is 0. The van der Waals surface area contributed by atoms with Crippen molar-refractivity contribution in [3.63, 3.8) is 0 Å². The third-order valence-corrected chi connectivity index (χ3v) is 4.17. The molecule has 1 heteroatoms. The fourth-order valence-corrected chi connectivity index (χ4v) is 2.99. The van der Waals surface area contributed by atoms with Crippen LogP contribution in [-0.2, 0) is 6.42 Å². The Hall–Kier alpha value is -1.63. The molecule has 0 unspecified atom stereocenters. The van der Waals surface area contributed by atoms with Gasteiger partial charge in [0.2, 0.25) is 0 Å². The van der Waals surface area contributed by atoms with Crippen molar-refractivity contribution in [1.82, 2.24) is 4.98 Å². The van der Waals surface area contributed by atoms with Crippen molar-refractivity contribution >= 4 is 0 Å². The normalized spacial score (nSPS) is 15.8. The molecule has 1 nitrogen and oxygen atoms in total. The molecule has 19 heavy (non-hydrogen) atoms. The summed E-state index contributed by atoms with van der Waals surface area (Å²) in [5, 5.41) is 0. The van der Waals surface area contributed by atoms with E-state index in [1.165, 1.54) is 48.8 Å². The fourth-order valence-electron chi connectivity index (χ4n) is 2.99. The van der Waals surface area contributed by atoms with Crippen LogP contribution in [0.4, 0.5) is 0 Å². The van der Waals surface area contributed by atoms with Gasteiger partial charge in [0.05, 0.1) is 5.69 Å². The highest BCUT2D eigenvalue weighted by Gasteiger charge is 2.15. The Bertz CT molecular complexity index is 519. The van der Waals surface area contributed by atoms with Crippen molar-refractivity contribution in [2.75, 3.05) is 0 Å². The second-order valence-corrected chi connectivity index (χ2v) is 5.77. The number of aromatic nitrogens is 1. The van der Waals surface area contributed by atoms with E-state index in [-0.39, 0.29) is 0 Å². The number of nitrogens with zero attached hydrogens (tertiary/aromatic N) is 1. The maximum Gasteiger partial charge on any atom is 0.0702 e. The Kier molecular flexibility index (Phi) is 3.63. The average Bonchev–Trinajstić information content (AvgIpc) is 2.94. The maximum absolute atomic E-state index is 4.62. The third-order valence-electron chi connectivity index (χ3n) is 4.17. The molecule has 1 heterocycles. The molecule has 1 saturated carbocycles. The van der Waals surface area contributed by atoms with Gasteiger partial charge in [-0.3, -0.25) is 4.98 Å². The molecule has 0 saturated heterocycles. The Balaban J connectivity index is 1.72. The predicted octanol–water partition coefficient (Wildman–Crippen LogP) is 4.79. The van der Waals surface area contributed by atoms with E-state index in [2.05, 4.69) is 54.5 Å². The van der Waals surface area contributed by atoms with E-state index in [0.29, 0.717) is 0 Å². The third kappa shape index (κ3) is 3.04. The van der Waals surface area contributed by atoms with E-state index in [0.717, 1.165) is 11.6 Å². The summed E-state index contributed by atoms with van der Waals surface area (Å²) in [5.74, 6) is 0.895. The number of hydrogen-bond acceptors (Lipinski definition) is 1. The van der Waals surface area contributed by atoms with Gasteiger partial charge in [-0.2, -0.15) is 0 Å². The maximum atomic E-state index is 4.62. The molecule has 98 valence electrons. The van der Waals surface area contributed by atoms with Crippen LogP contribution in [-0.4, -0.2) is 4.98 Å². The summed E-state index contributed by atoms with van der Waals surface area (Å²) < 4.78 is 0. The Labute approximate surface area is 115 Å². The molecular weight excluding hydrogens is 230 g/mol. The first-order valence-corrected chi connectivity index (χ1v) is 7.33. The van der Waals surface area contributed by atoms with Crippen LogP contribution >= 0.6 is 0 Å². The van der Waals surface area contributed by atoms with Gasteiger partial charge in [0, 0.05) is 11.8 Å². The van der Waals surface area contributed by atoms with Crippen molar-refractivity contribution in [1.29, 1.82) is 0 Å². The lowest BCUT2D eigenvalue weighted by atomic mass is 9.99. The van der Waals surface area contributed by atoms with Gasteiger partial charge >= 0.3 is 0 Å². The van der Waals surface area contributed by atoms with Crippen LogP contribution in [0, 0.1) is 12.8 Å². The first-order valence-electron chi connectivity index (χ1n) is 7.33. The minimum atomic E-state index is 0.895. The summed E-state index contributed by atoms with van der Waals surface area (Å²) in [7, 11) is 0. The van der Waals surface area contributed by atoms with Crippen molar-refractivity contribution in [3.8, 4) is 11.3 Å². The Morgan fingerprint density at radius 2 is 1.74 bits per heavy atom. The van der Waals surface area contributed by atoms with Gasteiger partial charge in [0.15, 0.2) is 0 Å². The number of hydrogen-bond donors (Lipinski definition) is 0. The van der Waals surface area contributed by atoms with Crippen molar-refractivity contribution in [3.05, 3.63) is 53.7 Å². The molecule has 1 fully saturated rings. The largest absolute Gasteiger partial charge is 0.256 e. The van der Waals surface area contributed by atoms with E-state index < -0.39 is 0 Å². The zero-order chi connectivity index (χ0) is 13.1. The van der Waals surface area contributed by atoms with Gasteiger partial charge in [0.1, 0.15) is 0 Å². The highest BCUT2D eigenvalue weighted by atomic mass is 14.7. The van der Waals surface area contributed by atoms with Gasteiger partial charge in [-0.05, 0) is 30.9 Å². The van der Waals surface area contributed by atoms with Gasteiger partial charge < -0.3 is 0 Å². The zero-order valence-electron chi connectivity index (χ0n) is 11.6. The summed E-state index contributed by atoms with van der Waals surface area (Å²) in [6.45, 7) is 2.11. The van der Waals surface area contributed by atoms with E-state index in [4.69, 9.17) is 0 Å². The zero-order valence-corrected chi connectivity index (χ0v) is 11.6. The molecule has 0 radical (unpaired) electrons. The SMILES string of the molecule is Cc1ccc(-c2ccc(CC3CCCC3)cn2)cc1. The van der Waals surface area contributed by atoms with Crippen LogP contribution in [0.5, 0.6) is 0 Å². The summed E-state index contributed by atoms with van der Waals surface area (Å²) in [6, 6.07) is 13.0. The van der Waals surface area contributed by atoms with E-state index in [1.807, 2.05) is 0 Å². The Morgan fingerprint density at radius 3 is 2.37 bits per heavy atom. The van der Waals surface area contributed by atoms with Crippen molar-refractivity contribution in [2.45, 2.75) is 39.0 Å². The van der Waals surface area contributed by atoms with Crippen LogP contribution < -0.4 is 0 Å². The smallest absolute Gasteiger partial charge is 0.0702 e. The number of aryl methyl sites for hydroxylation is 1. The lowest BCUT2D eigenvalue weighted by Crippen LogP contribution is -1.99. The first kappa shape index (κ1) is 12.4. The predicted molar refractivity (Wildman–Crippen MR) is 80.1 cm³/mol. The van der Waals surface area contributed by atoms with Crippen LogP contribution in [0.15, 0.2) is 42.6 Å². The average molecular weight is 251 g/mol. The van der Waals surface area contributed by atoms with E-state index in [9.17, 15) is 0 Å². The quantitative estimate of drug-likeness (QED) is 0.764. The standard InChI is InChI=1S/C18H21N/c1-14-6-9-17(10-7-14)18-11-8-16(13-19-18)12-15-4-2-3-5-15/h6-11,13,15H,2-5,12H2,1H3. The highest BCUT2D eigenvalue weighted by Crippen LogP contribution is 2.28. The molecule has 0 N–H and O–H groups in total. The highest BCUT2D eigenvalue weighted by molar-refractivity contribution is 5.59. The number of benzene rings is 1. The minimum Gasteiger partial charge on any atom is -0.256 e. The molecule has 3 rings (SSSR count). The molecule has 1 aromatic heterocycles. The fraction of sp³-hybridized carbons (Fsp3) is 0.389. The lowest BCUT2D eigenvalue weighted by Gasteiger charge is -2.09. The van der Waals surface area contributed by atoms with Crippen molar-refractivity contribution < 1.29 is 0 Å². The lowest BCUT2D eigenvalue weighted by molar-refractivity contribution is 0.545. The molecule has 0 bridgehead atoms. The van der Waals surface area contributed by atoms with Crippen LogP contribution in [0.1, 0.15) is 36.8 Å². The summed E-state index contributed by atoms with van der Waals surface area (Å²) in [5.41, 5.74) is 4.97. The second-order valence-electron chi connectivity index (χ2n) is 5.77.